The van der Waals surface area contributed by atoms with Crippen LogP contribution in [0, 0.1) is 5.92 Å². The molecule has 2 heterocycles. The van der Waals surface area contributed by atoms with Crippen LogP contribution in [-0.4, -0.2) is 36.4 Å². The van der Waals surface area contributed by atoms with Crippen molar-refractivity contribution in [2.45, 2.75) is 25.7 Å². The van der Waals surface area contributed by atoms with Gasteiger partial charge in [-0.25, -0.2) is 9.32 Å². The van der Waals surface area contributed by atoms with E-state index in [-0.39, 0.29) is 30.9 Å². The molecule has 0 saturated carbocycles. The van der Waals surface area contributed by atoms with Crippen molar-refractivity contribution in [3.8, 4) is 5.75 Å². The molecule has 7 nitrogen and oxygen atoms in total. The van der Waals surface area contributed by atoms with E-state index in [0.717, 1.165) is 6.42 Å². The number of hydrogen-bond acceptors (Lipinski definition) is 5. The molecule has 1 fully saturated rings. The summed E-state index contributed by atoms with van der Waals surface area (Å²) in [5.41, 5.74) is 0. The van der Waals surface area contributed by atoms with Crippen LogP contribution >= 0.6 is 8.25 Å². The topological polar surface area (TPSA) is 77.1 Å². The fourth-order valence-corrected chi connectivity index (χ4v) is 3.41. The Labute approximate surface area is 141 Å². The van der Waals surface area contributed by atoms with Gasteiger partial charge < -0.3 is 10.1 Å². The highest BCUT2D eigenvalue weighted by molar-refractivity contribution is 7.33. The van der Waals surface area contributed by atoms with Crippen LogP contribution in [0.15, 0.2) is 42.6 Å². The van der Waals surface area contributed by atoms with Gasteiger partial charge in [-0.15, -0.1) is 4.52 Å². The third-order valence-corrected chi connectivity index (χ3v) is 4.61. The second-order valence-electron chi connectivity index (χ2n) is 5.76. The molecule has 0 radical (unpaired) electrons. The summed E-state index contributed by atoms with van der Waals surface area (Å²) in [5, 5.41) is 2.74. The number of amides is 2. The molecule has 24 heavy (non-hydrogen) atoms. The summed E-state index contributed by atoms with van der Waals surface area (Å²) in [6.07, 6.45) is 3.75. The SMILES string of the molecule is CC1CC(CO[P+](=O)Oc2ccccc2)OC1N1C=CCNC1=O. The van der Waals surface area contributed by atoms with Gasteiger partial charge in [0.15, 0.2) is 5.75 Å². The van der Waals surface area contributed by atoms with Crippen LogP contribution in [0.5, 0.6) is 5.75 Å². The molecule has 0 aliphatic carbocycles. The van der Waals surface area contributed by atoms with Crippen molar-refractivity contribution in [1.29, 1.82) is 0 Å². The Morgan fingerprint density at radius 1 is 1.38 bits per heavy atom. The summed E-state index contributed by atoms with van der Waals surface area (Å²) < 4.78 is 28.2. The lowest BCUT2D eigenvalue weighted by Gasteiger charge is -2.30. The van der Waals surface area contributed by atoms with Crippen LogP contribution in [0.4, 0.5) is 4.79 Å². The van der Waals surface area contributed by atoms with Crippen LogP contribution in [0.1, 0.15) is 13.3 Å². The van der Waals surface area contributed by atoms with Crippen molar-refractivity contribution in [2.75, 3.05) is 13.2 Å². The third kappa shape index (κ3) is 4.12. The van der Waals surface area contributed by atoms with Gasteiger partial charge in [0.2, 0.25) is 0 Å². The molecule has 1 aromatic rings. The summed E-state index contributed by atoms with van der Waals surface area (Å²) in [4.78, 5) is 13.4. The van der Waals surface area contributed by atoms with Crippen molar-refractivity contribution in [2.24, 2.45) is 5.92 Å². The smallest absolute Gasteiger partial charge is 0.352 e. The number of urea groups is 1. The standard InChI is InChI=1S/C16H19N2O5P/c1-12-10-14(22-15(12)18-9-5-8-17-16(18)19)11-21-24(20)23-13-6-3-2-4-7-13/h2-7,9,12,14-15H,8,10-11H2,1H3/p+1. The number of carbonyl (C=O) groups is 1. The first-order valence-electron chi connectivity index (χ1n) is 7.85. The Morgan fingerprint density at radius 2 is 2.17 bits per heavy atom. The maximum atomic E-state index is 11.9. The van der Waals surface area contributed by atoms with E-state index in [4.69, 9.17) is 13.8 Å². The molecule has 1 N–H and O–H groups in total. The zero-order valence-electron chi connectivity index (χ0n) is 13.3. The van der Waals surface area contributed by atoms with E-state index < -0.39 is 8.25 Å². The number of hydrogen-bond donors (Lipinski definition) is 1. The van der Waals surface area contributed by atoms with E-state index >= 15 is 0 Å². The van der Waals surface area contributed by atoms with Crippen molar-refractivity contribution in [3.63, 3.8) is 0 Å². The fourth-order valence-electron chi connectivity index (χ4n) is 2.77. The van der Waals surface area contributed by atoms with Gasteiger partial charge in [-0.3, -0.25) is 4.90 Å². The number of rotatable bonds is 6. The van der Waals surface area contributed by atoms with Gasteiger partial charge in [-0.1, -0.05) is 25.1 Å². The van der Waals surface area contributed by atoms with Crippen LogP contribution in [0.3, 0.4) is 0 Å². The molecule has 4 unspecified atom stereocenters. The molecule has 128 valence electrons. The molecule has 2 aliphatic rings. The van der Waals surface area contributed by atoms with Gasteiger partial charge in [0.25, 0.3) is 0 Å². The number of benzene rings is 1. The lowest BCUT2D eigenvalue weighted by Crippen LogP contribution is -2.47. The monoisotopic (exact) mass is 351 g/mol. The second-order valence-corrected chi connectivity index (χ2v) is 6.65. The molecule has 8 heteroatoms. The molecule has 0 bridgehead atoms. The van der Waals surface area contributed by atoms with Gasteiger partial charge in [0.05, 0.1) is 6.10 Å². The summed E-state index contributed by atoms with van der Waals surface area (Å²) in [6.45, 7) is 2.70. The van der Waals surface area contributed by atoms with Crippen molar-refractivity contribution in [1.82, 2.24) is 10.2 Å². The zero-order chi connectivity index (χ0) is 16.9. The molecule has 0 spiro atoms. The van der Waals surface area contributed by atoms with E-state index in [2.05, 4.69) is 5.32 Å². The van der Waals surface area contributed by atoms with Gasteiger partial charge in [0.1, 0.15) is 12.8 Å². The molecule has 4 atom stereocenters. The summed E-state index contributed by atoms with van der Waals surface area (Å²) >= 11 is 0. The fraction of sp³-hybridized carbons (Fsp3) is 0.438. The van der Waals surface area contributed by atoms with Gasteiger partial charge in [-0.05, 0) is 24.6 Å². The largest absolute Gasteiger partial charge is 0.750 e. The first-order chi connectivity index (χ1) is 11.6. The molecule has 1 aromatic carbocycles. The van der Waals surface area contributed by atoms with E-state index in [9.17, 15) is 9.36 Å². The van der Waals surface area contributed by atoms with Crippen molar-refractivity contribution < 1.29 is 23.1 Å². The van der Waals surface area contributed by atoms with Gasteiger partial charge in [-0.2, -0.15) is 0 Å². The molecule has 2 amide bonds. The molecule has 2 aliphatic heterocycles. The van der Waals surface area contributed by atoms with Gasteiger partial charge in [0, 0.05) is 23.2 Å². The van der Waals surface area contributed by atoms with E-state index in [1.54, 1.807) is 35.4 Å². The normalized spacial score (nSPS) is 27.0. The number of carbonyl (C=O) groups excluding carboxylic acids is 1. The summed E-state index contributed by atoms with van der Waals surface area (Å²) in [5.74, 6) is 0.646. The van der Waals surface area contributed by atoms with E-state index in [1.165, 1.54) is 0 Å². The maximum absolute atomic E-state index is 11.9. The Morgan fingerprint density at radius 3 is 2.92 bits per heavy atom. The lowest BCUT2D eigenvalue weighted by atomic mass is 10.1. The summed E-state index contributed by atoms with van der Waals surface area (Å²) in [6, 6.07) is 8.68. The number of nitrogens with one attached hydrogen (secondary N) is 1. The number of nitrogens with zero attached hydrogens (tertiary/aromatic N) is 1. The van der Waals surface area contributed by atoms with Crippen LogP contribution in [0.2, 0.25) is 0 Å². The predicted molar refractivity (Wildman–Crippen MR) is 87.4 cm³/mol. The first-order valence-corrected chi connectivity index (χ1v) is 8.94. The summed E-state index contributed by atoms with van der Waals surface area (Å²) in [7, 11) is -2.26. The molecule has 3 rings (SSSR count). The second kappa shape index (κ2) is 7.75. The average Bonchev–Trinajstić information content (AvgIpc) is 2.95. The highest BCUT2D eigenvalue weighted by Crippen LogP contribution is 2.33. The lowest BCUT2D eigenvalue weighted by molar-refractivity contribution is -0.0427. The Hall–Kier alpha value is -1.95. The zero-order valence-corrected chi connectivity index (χ0v) is 14.2. The maximum Gasteiger partial charge on any atom is 0.750 e. The Balaban J connectivity index is 1.48. The predicted octanol–water partition coefficient (Wildman–Crippen LogP) is 3.03. The van der Waals surface area contributed by atoms with E-state index in [0.29, 0.717) is 12.3 Å². The Bertz CT molecular complexity index is 624. The van der Waals surface area contributed by atoms with Crippen LogP contribution < -0.4 is 9.84 Å². The minimum atomic E-state index is -2.26. The quantitative estimate of drug-likeness (QED) is 0.797. The first kappa shape index (κ1) is 16.9. The van der Waals surface area contributed by atoms with Gasteiger partial charge >= 0.3 is 14.3 Å². The number of ether oxygens (including phenoxy) is 1. The highest BCUT2D eigenvalue weighted by atomic mass is 31.1. The molecular weight excluding hydrogens is 331 g/mol. The van der Waals surface area contributed by atoms with Crippen molar-refractivity contribution in [3.05, 3.63) is 42.6 Å². The Kier molecular flexibility index (Phi) is 5.45. The molecule has 1 saturated heterocycles. The van der Waals surface area contributed by atoms with Crippen LogP contribution in [-0.2, 0) is 13.8 Å². The minimum Gasteiger partial charge on any atom is -0.352 e. The van der Waals surface area contributed by atoms with Crippen molar-refractivity contribution >= 4 is 14.3 Å². The minimum absolute atomic E-state index is 0.153. The molecular formula is C16H20N2O5P+. The highest BCUT2D eigenvalue weighted by Gasteiger charge is 2.40. The number of para-hydroxylation sites is 1. The third-order valence-electron chi connectivity index (χ3n) is 3.89. The van der Waals surface area contributed by atoms with Crippen LogP contribution in [0.25, 0.3) is 0 Å². The average molecular weight is 351 g/mol. The molecule has 0 aromatic heterocycles. The van der Waals surface area contributed by atoms with E-state index in [1.807, 2.05) is 19.1 Å².